The molecule has 0 radical (unpaired) electrons. The summed E-state index contributed by atoms with van der Waals surface area (Å²) in [4.78, 5) is 32.6. The normalized spacial score (nSPS) is 20.6. The second-order valence-corrected chi connectivity index (χ2v) is 8.23. The lowest BCUT2D eigenvalue weighted by molar-refractivity contribution is 0.00283. The SMILES string of the molecule is CCOc1cccnc1C(=O)N1CC2(CN(C)CC2c2ccnc(N(C)C)n2)C1. The summed E-state index contributed by atoms with van der Waals surface area (Å²) in [7, 11) is 6.02. The number of carbonyl (C=O) groups is 1. The number of nitrogens with zero attached hydrogens (tertiary/aromatic N) is 6. The van der Waals surface area contributed by atoms with Crippen LogP contribution in [0.2, 0.25) is 0 Å². The number of hydrogen-bond acceptors (Lipinski definition) is 7. The van der Waals surface area contributed by atoms with Crippen LogP contribution in [0.25, 0.3) is 0 Å². The number of ether oxygens (including phenoxy) is 1. The van der Waals surface area contributed by atoms with Crippen molar-refractivity contribution in [3.8, 4) is 5.75 Å². The van der Waals surface area contributed by atoms with Gasteiger partial charge in [-0.3, -0.25) is 4.79 Å². The fraction of sp³-hybridized carbons (Fsp3) is 0.524. The number of aromatic nitrogens is 3. The highest BCUT2D eigenvalue weighted by Crippen LogP contribution is 2.48. The molecular formula is C21H28N6O2. The summed E-state index contributed by atoms with van der Waals surface area (Å²) in [6.07, 6.45) is 3.47. The van der Waals surface area contributed by atoms with Crippen LogP contribution >= 0.6 is 0 Å². The van der Waals surface area contributed by atoms with Gasteiger partial charge in [-0.1, -0.05) is 0 Å². The zero-order valence-corrected chi connectivity index (χ0v) is 17.5. The largest absolute Gasteiger partial charge is 0.491 e. The third-order valence-corrected chi connectivity index (χ3v) is 5.81. The molecule has 1 unspecified atom stereocenters. The summed E-state index contributed by atoms with van der Waals surface area (Å²) in [6, 6.07) is 5.60. The Balaban J connectivity index is 1.54. The molecule has 2 aromatic heterocycles. The number of hydrogen-bond donors (Lipinski definition) is 0. The predicted octanol–water partition coefficient (Wildman–Crippen LogP) is 1.51. The van der Waals surface area contributed by atoms with Gasteiger partial charge in [0.25, 0.3) is 5.91 Å². The van der Waals surface area contributed by atoms with E-state index in [9.17, 15) is 4.79 Å². The predicted molar refractivity (Wildman–Crippen MR) is 110 cm³/mol. The highest BCUT2D eigenvalue weighted by atomic mass is 16.5. The maximum Gasteiger partial charge on any atom is 0.276 e. The lowest BCUT2D eigenvalue weighted by atomic mass is 9.70. The Hall–Kier alpha value is -2.74. The average Bonchev–Trinajstić information content (AvgIpc) is 3.05. The number of rotatable bonds is 5. The monoisotopic (exact) mass is 396 g/mol. The van der Waals surface area contributed by atoms with Crippen LogP contribution in [0, 0.1) is 5.41 Å². The summed E-state index contributed by atoms with van der Waals surface area (Å²) >= 11 is 0. The van der Waals surface area contributed by atoms with Crippen molar-refractivity contribution in [3.63, 3.8) is 0 Å². The van der Waals surface area contributed by atoms with Crippen LogP contribution in [-0.2, 0) is 0 Å². The maximum absolute atomic E-state index is 13.1. The van der Waals surface area contributed by atoms with E-state index in [2.05, 4.69) is 21.9 Å². The highest BCUT2D eigenvalue weighted by molar-refractivity contribution is 5.95. The molecule has 8 heteroatoms. The third-order valence-electron chi connectivity index (χ3n) is 5.81. The minimum absolute atomic E-state index is 0.0168. The zero-order valence-electron chi connectivity index (χ0n) is 17.5. The first-order chi connectivity index (χ1) is 13.9. The summed E-state index contributed by atoms with van der Waals surface area (Å²) in [5.41, 5.74) is 1.46. The molecule has 0 N–H and O–H groups in total. The van der Waals surface area contributed by atoms with Crippen molar-refractivity contribution in [2.24, 2.45) is 5.41 Å². The van der Waals surface area contributed by atoms with Gasteiger partial charge in [-0.25, -0.2) is 15.0 Å². The van der Waals surface area contributed by atoms with Gasteiger partial charge in [0.15, 0.2) is 11.4 Å². The second kappa shape index (κ2) is 7.59. The van der Waals surface area contributed by atoms with E-state index in [-0.39, 0.29) is 17.2 Å². The van der Waals surface area contributed by atoms with Crippen LogP contribution in [-0.4, -0.2) is 84.6 Å². The molecule has 2 aliphatic heterocycles. The summed E-state index contributed by atoms with van der Waals surface area (Å²) in [6.45, 7) is 5.69. The Kier molecular flexibility index (Phi) is 5.12. The molecule has 2 aliphatic rings. The zero-order chi connectivity index (χ0) is 20.6. The molecule has 1 spiro atoms. The molecule has 154 valence electrons. The molecule has 2 fully saturated rings. The first-order valence-electron chi connectivity index (χ1n) is 9.99. The number of pyridine rings is 1. The molecule has 1 amide bonds. The maximum atomic E-state index is 13.1. The van der Waals surface area contributed by atoms with Gasteiger partial charge in [-0.15, -0.1) is 0 Å². The van der Waals surface area contributed by atoms with Crippen molar-refractivity contribution in [1.82, 2.24) is 24.8 Å². The molecule has 0 saturated carbocycles. The first-order valence-corrected chi connectivity index (χ1v) is 9.99. The smallest absolute Gasteiger partial charge is 0.276 e. The molecule has 2 saturated heterocycles. The van der Waals surface area contributed by atoms with E-state index in [1.54, 1.807) is 18.3 Å². The fourth-order valence-electron chi connectivity index (χ4n) is 4.55. The standard InChI is InChI=1S/C21H28N6O2/c1-5-29-17-7-6-9-22-18(17)19(28)27-13-21(14-27)12-26(4)11-15(21)16-8-10-23-20(24-16)25(2)3/h6-10,15H,5,11-14H2,1-4H3. The minimum atomic E-state index is -0.0651. The van der Waals surface area contributed by atoms with Crippen LogP contribution in [0.4, 0.5) is 5.95 Å². The van der Waals surface area contributed by atoms with Crippen LogP contribution in [0.15, 0.2) is 30.6 Å². The van der Waals surface area contributed by atoms with Gasteiger partial charge in [-0.2, -0.15) is 0 Å². The summed E-state index contributed by atoms with van der Waals surface area (Å²) < 4.78 is 5.60. The third kappa shape index (κ3) is 3.53. The summed E-state index contributed by atoms with van der Waals surface area (Å²) in [5, 5.41) is 0. The van der Waals surface area contributed by atoms with Gasteiger partial charge in [0.05, 0.1) is 12.3 Å². The Bertz CT molecular complexity index is 896. The molecule has 29 heavy (non-hydrogen) atoms. The van der Waals surface area contributed by atoms with Crippen molar-refractivity contribution in [1.29, 1.82) is 0 Å². The number of likely N-dealkylation sites (N-methyl/N-ethyl adjacent to an activating group) is 1. The van der Waals surface area contributed by atoms with Crippen LogP contribution in [0.1, 0.15) is 29.0 Å². The Labute approximate surface area is 171 Å². The first kappa shape index (κ1) is 19.6. The molecule has 0 aromatic carbocycles. The van der Waals surface area contributed by atoms with E-state index in [4.69, 9.17) is 9.72 Å². The highest BCUT2D eigenvalue weighted by Gasteiger charge is 2.56. The average molecular weight is 396 g/mol. The molecular weight excluding hydrogens is 368 g/mol. The lowest BCUT2D eigenvalue weighted by Gasteiger charge is -2.50. The van der Waals surface area contributed by atoms with E-state index in [1.165, 1.54) is 0 Å². The molecule has 4 heterocycles. The van der Waals surface area contributed by atoms with Gasteiger partial charge in [0, 0.05) is 64.0 Å². The number of likely N-dealkylation sites (tertiary alicyclic amines) is 2. The van der Waals surface area contributed by atoms with Gasteiger partial charge in [0.2, 0.25) is 5.95 Å². The van der Waals surface area contributed by atoms with Crippen molar-refractivity contribution in [2.75, 3.05) is 58.8 Å². The van der Waals surface area contributed by atoms with Crippen molar-refractivity contribution in [2.45, 2.75) is 12.8 Å². The number of amides is 1. The molecule has 8 nitrogen and oxygen atoms in total. The van der Waals surface area contributed by atoms with Crippen LogP contribution in [0.3, 0.4) is 0 Å². The van der Waals surface area contributed by atoms with Crippen molar-refractivity contribution >= 4 is 11.9 Å². The number of carbonyl (C=O) groups excluding carboxylic acids is 1. The van der Waals surface area contributed by atoms with Gasteiger partial charge >= 0.3 is 0 Å². The fourth-order valence-corrected chi connectivity index (χ4v) is 4.55. The van der Waals surface area contributed by atoms with Crippen molar-refractivity contribution < 1.29 is 9.53 Å². The van der Waals surface area contributed by atoms with Crippen LogP contribution < -0.4 is 9.64 Å². The molecule has 2 aromatic rings. The second-order valence-electron chi connectivity index (χ2n) is 8.23. The van der Waals surface area contributed by atoms with E-state index >= 15 is 0 Å². The van der Waals surface area contributed by atoms with Gasteiger partial charge < -0.3 is 19.4 Å². The van der Waals surface area contributed by atoms with E-state index in [0.717, 1.165) is 18.8 Å². The molecule has 0 bridgehead atoms. The molecule has 4 rings (SSSR count). The van der Waals surface area contributed by atoms with E-state index < -0.39 is 0 Å². The summed E-state index contributed by atoms with van der Waals surface area (Å²) in [5.74, 6) is 1.47. The van der Waals surface area contributed by atoms with E-state index in [0.29, 0.717) is 37.1 Å². The van der Waals surface area contributed by atoms with Gasteiger partial charge in [0.1, 0.15) is 0 Å². The Morgan fingerprint density at radius 3 is 2.76 bits per heavy atom. The molecule has 0 aliphatic carbocycles. The van der Waals surface area contributed by atoms with Gasteiger partial charge in [-0.05, 0) is 32.2 Å². The van der Waals surface area contributed by atoms with Crippen LogP contribution in [0.5, 0.6) is 5.75 Å². The quantitative estimate of drug-likeness (QED) is 0.758. The Morgan fingerprint density at radius 1 is 1.24 bits per heavy atom. The lowest BCUT2D eigenvalue weighted by Crippen LogP contribution is -2.61. The minimum Gasteiger partial charge on any atom is -0.491 e. The van der Waals surface area contributed by atoms with E-state index in [1.807, 2.05) is 43.1 Å². The molecule has 1 atom stereocenters. The Morgan fingerprint density at radius 2 is 2.03 bits per heavy atom. The topological polar surface area (TPSA) is 74.7 Å². The number of anilines is 1. The van der Waals surface area contributed by atoms with Crippen molar-refractivity contribution in [3.05, 3.63) is 42.0 Å².